The SMILES string of the molecule is C=CC(=O)N1CC[C@@H]2[C@H]1CN2c1nc(OC[C@@]23CCCN2C[C@H](F)C3)nc2cc(-c3cncc4c3CCCC4)c(F)cc12. The van der Waals surface area contributed by atoms with Gasteiger partial charge in [0, 0.05) is 55.0 Å². The number of alkyl halides is 1. The number of halogens is 2. The number of nitrogens with zero attached hydrogens (tertiary/aromatic N) is 6. The standard InChI is InChI=1S/C33H36F2N6O2/c1-2-30(42)40-11-8-28-29(40)18-41(28)31-24-12-26(35)23(25-16-36-15-20-6-3-4-7-22(20)25)13-27(24)37-32(38-31)43-19-33-9-5-10-39(33)17-21(34)14-33/h2,12-13,15-16,21,28-29H,1,3-11,14,17-19H2/t21-,28-,29-,33+/m1/s1. The van der Waals surface area contributed by atoms with Crippen LogP contribution in [-0.2, 0) is 17.6 Å². The number of hydrogen-bond acceptors (Lipinski definition) is 7. The average Bonchev–Trinajstić information content (AvgIpc) is 3.64. The molecule has 4 aliphatic heterocycles. The monoisotopic (exact) mass is 586 g/mol. The van der Waals surface area contributed by atoms with Gasteiger partial charge in [-0.3, -0.25) is 14.7 Å². The lowest BCUT2D eigenvalue weighted by Crippen LogP contribution is -2.63. The van der Waals surface area contributed by atoms with Crippen molar-refractivity contribution < 1.29 is 18.3 Å². The van der Waals surface area contributed by atoms with Crippen molar-refractivity contribution in [1.29, 1.82) is 0 Å². The maximum Gasteiger partial charge on any atom is 0.319 e. The zero-order valence-corrected chi connectivity index (χ0v) is 24.3. The molecule has 6 heterocycles. The van der Waals surface area contributed by atoms with Crippen LogP contribution in [-0.4, -0.2) is 87.2 Å². The lowest BCUT2D eigenvalue weighted by atomic mass is 9.87. The highest BCUT2D eigenvalue weighted by Crippen LogP contribution is 2.43. The van der Waals surface area contributed by atoms with Gasteiger partial charge in [-0.15, -0.1) is 0 Å². The third kappa shape index (κ3) is 4.31. The van der Waals surface area contributed by atoms with E-state index in [9.17, 15) is 9.18 Å². The van der Waals surface area contributed by atoms with Crippen LogP contribution in [0.15, 0.2) is 37.2 Å². The number of anilines is 1. The molecular formula is C33H36F2N6O2. The molecule has 10 heteroatoms. The van der Waals surface area contributed by atoms with Gasteiger partial charge in [-0.25, -0.2) is 8.78 Å². The predicted molar refractivity (Wildman–Crippen MR) is 159 cm³/mol. The summed E-state index contributed by atoms with van der Waals surface area (Å²) < 4.78 is 36.8. The molecule has 3 aromatic rings. The Bertz CT molecular complexity index is 1630. The Labute approximate surface area is 249 Å². The van der Waals surface area contributed by atoms with Gasteiger partial charge in [-0.05, 0) is 80.8 Å². The van der Waals surface area contributed by atoms with Crippen molar-refractivity contribution >= 4 is 22.6 Å². The van der Waals surface area contributed by atoms with Crippen molar-refractivity contribution in [2.75, 3.05) is 37.7 Å². The summed E-state index contributed by atoms with van der Waals surface area (Å²) in [5.74, 6) is 0.213. The fourth-order valence-electron chi connectivity index (χ4n) is 8.39. The lowest BCUT2D eigenvalue weighted by Gasteiger charge is -2.47. The maximum absolute atomic E-state index is 16.0. The third-order valence-corrected chi connectivity index (χ3v) is 10.6. The summed E-state index contributed by atoms with van der Waals surface area (Å²) in [6, 6.07) is 3.72. The van der Waals surface area contributed by atoms with Gasteiger partial charge >= 0.3 is 6.01 Å². The summed E-state index contributed by atoms with van der Waals surface area (Å²) in [4.78, 5) is 32.8. The molecule has 0 radical (unpaired) electrons. The maximum atomic E-state index is 16.0. The zero-order chi connectivity index (χ0) is 29.3. The molecule has 0 unspecified atom stereocenters. The highest BCUT2D eigenvalue weighted by Gasteiger charge is 2.51. The molecule has 5 aliphatic rings. The molecule has 224 valence electrons. The molecule has 4 fully saturated rings. The third-order valence-electron chi connectivity index (χ3n) is 10.6. The largest absolute Gasteiger partial charge is 0.461 e. The van der Waals surface area contributed by atoms with E-state index in [4.69, 9.17) is 14.7 Å². The van der Waals surface area contributed by atoms with E-state index >= 15 is 4.39 Å². The van der Waals surface area contributed by atoms with Crippen molar-refractivity contribution in [2.24, 2.45) is 0 Å². The fraction of sp³-hybridized carbons (Fsp3) is 0.515. The van der Waals surface area contributed by atoms with Crippen LogP contribution in [0.5, 0.6) is 6.01 Å². The molecule has 0 spiro atoms. The molecule has 8 nitrogen and oxygen atoms in total. The Morgan fingerprint density at radius 1 is 1.09 bits per heavy atom. The Balaban J connectivity index is 1.19. The van der Waals surface area contributed by atoms with Crippen molar-refractivity contribution in [3.05, 3.63) is 54.1 Å². The highest BCUT2D eigenvalue weighted by molar-refractivity contribution is 5.94. The van der Waals surface area contributed by atoms with Crippen LogP contribution >= 0.6 is 0 Å². The number of carbonyl (C=O) groups is 1. The molecule has 4 atom stereocenters. The number of amides is 1. The number of benzene rings is 1. The van der Waals surface area contributed by atoms with Crippen molar-refractivity contribution in [2.45, 2.75) is 75.2 Å². The molecule has 1 amide bonds. The second-order valence-electron chi connectivity index (χ2n) is 12.9. The van der Waals surface area contributed by atoms with E-state index in [1.807, 2.05) is 11.1 Å². The molecule has 1 aliphatic carbocycles. The summed E-state index contributed by atoms with van der Waals surface area (Å²) in [6.07, 6.45) is 11.4. The van der Waals surface area contributed by atoms with Crippen LogP contribution < -0.4 is 9.64 Å². The predicted octanol–water partition coefficient (Wildman–Crippen LogP) is 4.64. The number of fused-ring (bicyclic) bond motifs is 4. The minimum absolute atomic E-state index is 0.0665. The van der Waals surface area contributed by atoms with E-state index in [1.165, 1.54) is 11.6 Å². The topological polar surface area (TPSA) is 74.7 Å². The first-order valence-corrected chi connectivity index (χ1v) is 15.6. The smallest absolute Gasteiger partial charge is 0.319 e. The van der Waals surface area contributed by atoms with Crippen LogP contribution in [0.2, 0.25) is 0 Å². The van der Waals surface area contributed by atoms with Crippen molar-refractivity contribution in [3.8, 4) is 17.1 Å². The Morgan fingerprint density at radius 2 is 1.98 bits per heavy atom. The summed E-state index contributed by atoms with van der Waals surface area (Å²) in [5, 5.41) is 0.614. The summed E-state index contributed by atoms with van der Waals surface area (Å²) in [5.41, 5.74) is 3.91. The molecule has 4 saturated heterocycles. The molecule has 0 saturated carbocycles. The van der Waals surface area contributed by atoms with Gasteiger partial charge in [0.15, 0.2) is 0 Å². The number of aryl methyl sites for hydroxylation is 1. The fourth-order valence-corrected chi connectivity index (χ4v) is 8.39. The highest BCUT2D eigenvalue weighted by atomic mass is 19.1. The quantitative estimate of drug-likeness (QED) is 0.390. The molecule has 0 bridgehead atoms. The Kier molecular flexibility index (Phi) is 6.40. The molecular weight excluding hydrogens is 550 g/mol. The van der Waals surface area contributed by atoms with Gasteiger partial charge in [0.25, 0.3) is 0 Å². The average molecular weight is 587 g/mol. The van der Waals surface area contributed by atoms with Crippen molar-refractivity contribution in [3.63, 3.8) is 0 Å². The van der Waals surface area contributed by atoms with Crippen LogP contribution in [0.25, 0.3) is 22.0 Å². The van der Waals surface area contributed by atoms with Crippen LogP contribution in [0.4, 0.5) is 14.6 Å². The summed E-state index contributed by atoms with van der Waals surface area (Å²) in [6.45, 7) is 6.54. The zero-order valence-electron chi connectivity index (χ0n) is 24.3. The number of hydrogen-bond donors (Lipinski definition) is 0. The summed E-state index contributed by atoms with van der Waals surface area (Å²) in [7, 11) is 0. The van der Waals surface area contributed by atoms with Gasteiger partial charge in [0.05, 0.1) is 23.1 Å². The minimum atomic E-state index is -0.852. The lowest BCUT2D eigenvalue weighted by molar-refractivity contribution is -0.127. The van der Waals surface area contributed by atoms with Gasteiger partial charge in [0.2, 0.25) is 5.91 Å². The molecule has 0 N–H and O–H groups in total. The van der Waals surface area contributed by atoms with Gasteiger partial charge in [0.1, 0.15) is 24.4 Å². The first-order chi connectivity index (χ1) is 20.9. The number of carbonyl (C=O) groups excluding carboxylic acids is 1. The Hall–Kier alpha value is -3.66. The number of ether oxygens (including phenoxy) is 1. The first kappa shape index (κ1) is 26.9. The normalized spacial score (nSPS) is 28.0. The van der Waals surface area contributed by atoms with E-state index in [0.29, 0.717) is 54.9 Å². The second kappa shape index (κ2) is 10.2. The van der Waals surface area contributed by atoms with E-state index in [-0.39, 0.29) is 35.4 Å². The van der Waals surface area contributed by atoms with Crippen molar-refractivity contribution in [1.82, 2.24) is 24.8 Å². The van der Waals surface area contributed by atoms with Crippen LogP contribution in [0.3, 0.4) is 0 Å². The Morgan fingerprint density at radius 3 is 2.86 bits per heavy atom. The van der Waals surface area contributed by atoms with E-state index in [0.717, 1.165) is 62.6 Å². The second-order valence-corrected chi connectivity index (χ2v) is 12.9. The van der Waals surface area contributed by atoms with E-state index in [1.54, 1.807) is 18.3 Å². The minimum Gasteiger partial charge on any atom is -0.461 e. The van der Waals surface area contributed by atoms with Gasteiger partial charge < -0.3 is 14.5 Å². The number of rotatable bonds is 6. The van der Waals surface area contributed by atoms with E-state index in [2.05, 4.69) is 21.4 Å². The molecule has 1 aromatic carbocycles. The van der Waals surface area contributed by atoms with Crippen LogP contribution in [0.1, 0.15) is 49.7 Å². The number of likely N-dealkylation sites (tertiary alicyclic amines) is 1. The summed E-state index contributed by atoms with van der Waals surface area (Å²) >= 11 is 0. The van der Waals surface area contributed by atoms with Gasteiger partial charge in [-0.2, -0.15) is 9.97 Å². The van der Waals surface area contributed by atoms with E-state index < -0.39 is 6.17 Å². The number of pyridine rings is 1. The molecule has 8 rings (SSSR count). The molecule has 2 aromatic heterocycles. The first-order valence-electron chi connectivity index (χ1n) is 15.6. The number of aromatic nitrogens is 3. The van der Waals surface area contributed by atoms with Crippen LogP contribution in [0, 0.1) is 5.82 Å². The molecule has 43 heavy (non-hydrogen) atoms. The van der Waals surface area contributed by atoms with Gasteiger partial charge in [-0.1, -0.05) is 6.58 Å².